The van der Waals surface area contributed by atoms with Crippen LogP contribution in [0.1, 0.15) is 5.56 Å². The summed E-state index contributed by atoms with van der Waals surface area (Å²) >= 11 is 0. The van der Waals surface area contributed by atoms with Gasteiger partial charge in [-0.05, 0) is 23.8 Å². The first-order valence-electron chi connectivity index (χ1n) is 7.44. The molecule has 5 heteroatoms. The second kappa shape index (κ2) is 6.91. The van der Waals surface area contributed by atoms with Gasteiger partial charge in [0.1, 0.15) is 12.4 Å². The maximum absolute atomic E-state index is 12.3. The SMILES string of the molecule is COc1cc(-n2ccc(OCc3ccccc3)cc2=O)ccc1O. The predicted molar refractivity (Wildman–Crippen MR) is 91.0 cm³/mol. The van der Waals surface area contributed by atoms with Crippen molar-refractivity contribution in [2.45, 2.75) is 6.61 Å². The molecule has 0 unspecified atom stereocenters. The van der Waals surface area contributed by atoms with Gasteiger partial charge in [0.25, 0.3) is 5.56 Å². The van der Waals surface area contributed by atoms with Crippen LogP contribution < -0.4 is 15.0 Å². The third kappa shape index (κ3) is 3.41. The Labute approximate surface area is 139 Å². The zero-order chi connectivity index (χ0) is 16.9. The van der Waals surface area contributed by atoms with Crippen molar-refractivity contribution in [3.63, 3.8) is 0 Å². The fourth-order valence-corrected chi connectivity index (χ4v) is 2.32. The van der Waals surface area contributed by atoms with Crippen molar-refractivity contribution in [1.82, 2.24) is 4.57 Å². The summed E-state index contributed by atoms with van der Waals surface area (Å²) < 4.78 is 12.2. The highest BCUT2D eigenvalue weighted by Gasteiger charge is 2.07. The van der Waals surface area contributed by atoms with Gasteiger partial charge in [0.2, 0.25) is 0 Å². The minimum absolute atomic E-state index is 0.0251. The molecule has 122 valence electrons. The molecule has 1 N–H and O–H groups in total. The molecule has 0 aliphatic rings. The van der Waals surface area contributed by atoms with Gasteiger partial charge in [-0.1, -0.05) is 30.3 Å². The van der Waals surface area contributed by atoms with Gasteiger partial charge in [-0.15, -0.1) is 0 Å². The number of ether oxygens (including phenoxy) is 2. The highest BCUT2D eigenvalue weighted by molar-refractivity contribution is 5.48. The van der Waals surface area contributed by atoms with Crippen molar-refractivity contribution < 1.29 is 14.6 Å². The van der Waals surface area contributed by atoms with Crippen LogP contribution >= 0.6 is 0 Å². The van der Waals surface area contributed by atoms with Gasteiger partial charge in [-0.3, -0.25) is 9.36 Å². The molecule has 0 radical (unpaired) electrons. The molecule has 0 bridgehead atoms. The number of phenolic OH excluding ortho intramolecular Hbond substituents is 1. The highest BCUT2D eigenvalue weighted by Crippen LogP contribution is 2.27. The van der Waals surface area contributed by atoms with E-state index in [-0.39, 0.29) is 11.3 Å². The summed E-state index contributed by atoms with van der Waals surface area (Å²) in [5, 5.41) is 9.64. The topological polar surface area (TPSA) is 60.7 Å². The van der Waals surface area contributed by atoms with Gasteiger partial charge in [0, 0.05) is 18.3 Å². The van der Waals surface area contributed by atoms with Crippen LogP contribution in [0.4, 0.5) is 0 Å². The number of rotatable bonds is 5. The largest absolute Gasteiger partial charge is 0.504 e. The Kier molecular flexibility index (Phi) is 4.52. The molecule has 1 aromatic heterocycles. The van der Waals surface area contributed by atoms with E-state index in [2.05, 4.69) is 0 Å². The maximum Gasteiger partial charge on any atom is 0.258 e. The van der Waals surface area contributed by atoms with E-state index in [1.165, 1.54) is 23.8 Å². The Balaban J connectivity index is 1.81. The van der Waals surface area contributed by atoms with Crippen molar-refractivity contribution in [1.29, 1.82) is 0 Å². The quantitative estimate of drug-likeness (QED) is 0.783. The smallest absolute Gasteiger partial charge is 0.258 e. The Bertz CT molecular complexity index is 887. The lowest BCUT2D eigenvalue weighted by Gasteiger charge is -2.10. The second-order valence-electron chi connectivity index (χ2n) is 5.20. The minimum Gasteiger partial charge on any atom is -0.504 e. The molecule has 3 rings (SSSR count). The number of aromatic hydroxyl groups is 1. The first kappa shape index (κ1) is 15.7. The number of hydrogen-bond donors (Lipinski definition) is 1. The standard InChI is InChI=1S/C19H17NO4/c1-23-18-11-15(7-8-17(18)21)20-10-9-16(12-19(20)22)24-13-14-5-3-2-4-6-14/h2-12,21H,13H2,1H3. The Hall–Kier alpha value is -3.21. The summed E-state index contributed by atoms with van der Waals surface area (Å²) in [6, 6.07) is 17.6. The molecule has 1 heterocycles. The molecule has 0 aliphatic carbocycles. The van der Waals surface area contributed by atoms with Gasteiger partial charge < -0.3 is 14.6 Å². The van der Waals surface area contributed by atoms with Crippen LogP contribution in [0.15, 0.2) is 71.7 Å². The van der Waals surface area contributed by atoms with Crippen molar-refractivity contribution >= 4 is 0 Å². The van der Waals surface area contributed by atoms with E-state index in [1.54, 1.807) is 24.4 Å². The molecule has 2 aromatic carbocycles. The minimum atomic E-state index is -0.228. The molecule has 0 saturated heterocycles. The van der Waals surface area contributed by atoms with Crippen LogP contribution in [-0.2, 0) is 6.61 Å². The van der Waals surface area contributed by atoms with Crippen LogP contribution in [0, 0.1) is 0 Å². The van der Waals surface area contributed by atoms with Crippen LogP contribution in [0.25, 0.3) is 5.69 Å². The Morgan fingerprint density at radius 2 is 1.83 bits per heavy atom. The van der Waals surface area contributed by atoms with Crippen molar-refractivity contribution in [2.75, 3.05) is 7.11 Å². The molecule has 3 aromatic rings. The Morgan fingerprint density at radius 1 is 1.04 bits per heavy atom. The number of nitrogens with zero attached hydrogens (tertiary/aromatic N) is 1. The number of pyridine rings is 1. The molecule has 0 atom stereocenters. The molecule has 0 aliphatic heterocycles. The van der Waals surface area contributed by atoms with Gasteiger partial charge in [-0.2, -0.15) is 0 Å². The second-order valence-corrected chi connectivity index (χ2v) is 5.20. The lowest BCUT2D eigenvalue weighted by molar-refractivity contribution is 0.305. The third-order valence-electron chi connectivity index (χ3n) is 3.58. The first-order chi connectivity index (χ1) is 11.7. The number of benzene rings is 2. The fraction of sp³-hybridized carbons (Fsp3) is 0.105. The molecule has 24 heavy (non-hydrogen) atoms. The summed E-state index contributed by atoms with van der Waals surface area (Å²) in [5.41, 5.74) is 1.41. The molecule has 0 amide bonds. The van der Waals surface area contributed by atoms with Crippen molar-refractivity contribution in [2.24, 2.45) is 0 Å². The number of hydrogen-bond acceptors (Lipinski definition) is 4. The summed E-state index contributed by atoms with van der Waals surface area (Å²) in [6.07, 6.45) is 1.63. The van der Waals surface area contributed by atoms with Gasteiger partial charge in [-0.25, -0.2) is 0 Å². The summed E-state index contributed by atoms with van der Waals surface area (Å²) in [4.78, 5) is 12.3. The zero-order valence-electron chi connectivity index (χ0n) is 13.2. The molecular formula is C19H17NO4. The summed E-state index contributed by atoms with van der Waals surface area (Å²) in [6.45, 7) is 0.400. The number of aromatic nitrogens is 1. The molecular weight excluding hydrogens is 306 g/mol. The van der Waals surface area contributed by atoms with Gasteiger partial charge in [0.05, 0.1) is 12.8 Å². The summed E-state index contributed by atoms with van der Waals surface area (Å²) in [5.74, 6) is 0.840. The van der Waals surface area contributed by atoms with E-state index in [4.69, 9.17) is 9.47 Å². The normalized spacial score (nSPS) is 10.4. The van der Waals surface area contributed by atoms with Crippen molar-refractivity contribution in [3.8, 4) is 22.9 Å². The van der Waals surface area contributed by atoms with E-state index < -0.39 is 0 Å². The molecule has 0 spiro atoms. The fourth-order valence-electron chi connectivity index (χ4n) is 2.32. The summed E-state index contributed by atoms with van der Waals surface area (Å²) in [7, 11) is 1.46. The lowest BCUT2D eigenvalue weighted by atomic mass is 10.2. The van der Waals surface area contributed by atoms with E-state index in [0.717, 1.165) is 5.56 Å². The highest BCUT2D eigenvalue weighted by atomic mass is 16.5. The number of methoxy groups -OCH3 is 1. The van der Waals surface area contributed by atoms with Crippen LogP contribution in [-0.4, -0.2) is 16.8 Å². The van der Waals surface area contributed by atoms with E-state index >= 15 is 0 Å². The third-order valence-corrected chi connectivity index (χ3v) is 3.58. The lowest BCUT2D eigenvalue weighted by Crippen LogP contribution is -2.16. The zero-order valence-corrected chi connectivity index (χ0v) is 13.2. The predicted octanol–water partition coefficient (Wildman–Crippen LogP) is 3.13. The maximum atomic E-state index is 12.3. The van der Waals surface area contributed by atoms with Gasteiger partial charge >= 0.3 is 0 Å². The van der Waals surface area contributed by atoms with Gasteiger partial charge in [0.15, 0.2) is 11.5 Å². The van der Waals surface area contributed by atoms with Crippen LogP contribution in [0.2, 0.25) is 0 Å². The first-order valence-corrected chi connectivity index (χ1v) is 7.44. The van der Waals surface area contributed by atoms with E-state index in [1.807, 2.05) is 30.3 Å². The average Bonchev–Trinajstić information content (AvgIpc) is 2.62. The average molecular weight is 323 g/mol. The monoisotopic (exact) mass is 323 g/mol. The van der Waals surface area contributed by atoms with E-state index in [9.17, 15) is 9.90 Å². The molecule has 5 nitrogen and oxygen atoms in total. The number of phenols is 1. The van der Waals surface area contributed by atoms with E-state index in [0.29, 0.717) is 23.8 Å². The molecule has 0 saturated carbocycles. The van der Waals surface area contributed by atoms with Crippen LogP contribution in [0.3, 0.4) is 0 Å². The van der Waals surface area contributed by atoms with Crippen molar-refractivity contribution in [3.05, 3.63) is 82.8 Å². The molecule has 0 fully saturated rings. The van der Waals surface area contributed by atoms with Crippen LogP contribution in [0.5, 0.6) is 17.2 Å². The Morgan fingerprint density at radius 3 is 2.54 bits per heavy atom.